The first kappa shape index (κ1) is 12.8. The van der Waals surface area contributed by atoms with Gasteiger partial charge in [-0.05, 0) is 36.7 Å². The topological polar surface area (TPSA) is 64.5 Å². The van der Waals surface area contributed by atoms with Gasteiger partial charge >= 0.3 is 0 Å². The summed E-state index contributed by atoms with van der Waals surface area (Å²) in [5, 5.41) is 14.3. The molecule has 2 aromatic rings. The van der Waals surface area contributed by atoms with Crippen LogP contribution in [-0.4, -0.2) is 28.9 Å². The zero-order valence-corrected chi connectivity index (χ0v) is 11.2. The molecule has 1 aromatic heterocycles. The molecular formula is C12H14N2O3S. The first-order valence-electron chi connectivity index (χ1n) is 5.36. The van der Waals surface area contributed by atoms with Gasteiger partial charge in [-0.2, -0.15) is 0 Å². The third kappa shape index (κ3) is 2.30. The van der Waals surface area contributed by atoms with E-state index in [4.69, 9.17) is 9.47 Å². The van der Waals surface area contributed by atoms with Gasteiger partial charge in [0.2, 0.25) is 0 Å². The highest BCUT2D eigenvalue weighted by Gasteiger charge is 2.20. The van der Waals surface area contributed by atoms with Crippen LogP contribution in [0.2, 0.25) is 0 Å². The second kappa shape index (κ2) is 5.32. The van der Waals surface area contributed by atoms with E-state index in [0.717, 1.165) is 5.69 Å². The van der Waals surface area contributed by atoms with Crippen LogP contribution in [0, 0.1) is 6.92 Å². The van der Waals surface area contributed by atoms with Crippen LogP contribution in [0.15, 0.2) is 18.2 Å². The molecular weight excluding hydrogens is 252 g/mol. The summed E-state index contributed by atoms with van der Waals surface area (Å²) in [5.41, 5.74) is 1.36. The van der Waals surface area contributed by atoms with E-state index in [-0.39, 0.29) is 0 Å². The van der Waals surface area contributed by atoms with Crippen molar-refractivity contribution in [1.29, 1.82) is 0 Å². The molecule has 96 valence electrons. The minimum absolute atomic E-state index is 0.608. The van der Waals surface area contributed by atoms with Crippen molar-refractivity contribution in [1.82, 2.24) is 9.59 Å². The van der Waals surface area contributed by atoms with Gasteiger partial charge in [0.05, 0.1) is 24.8 Å². The Morgan fingerprint density at radius 3 is 2.61 bits per heavy atom. The van der Waals surface area contributed by atoms with Crippen molar-refractivity contribution in [3.05, 3.63) is 34.3 Å². The number of aliphatic hydroxyl groups excluding tert-OH is 1. The Kier molecular flexibility index (Phi) is 3.78. The molecule has 0 aliphatic rings. The van der Waals surface area contributed by atoms with Gasteiger partial charge in [-0.25, -0.2) is 0 Å². The van der Waals surface area contributed by atoms with Crippen molar-refractivity contribution in [2.45, 2.75) is 13.0 Å². The van der Waals surface area contributed by atoms with Crippen molar-refractivity contribution in [3.8, 4) is 11.5 Å². The number of hydrogen-bond donors (Lipinski definition) is 1. The standard InChI is InChI=1S/C12H14N2O3S/c1-7-12(18-14-13-7)11(15)9-6-8(16-2)4-5-10(9)17-3/h4-6,11,15H,1-3H3. The summed E-state index contributed by atoms with van der Waals surface area (Å²) in [4.78, 5) is 0.710. The van der Waals surface area contributed by atoms with E-state index in [2.05, 4.69) is 9.59 Å². The Morgan fingerprint density at radius 1 is 1.28 bits per heavy atom. The zero-order chi connectivity index (χ0) is 13.1. The Balaban J connectivity index is 2.45. The maximum absolute atomic E-state index is 10.4. The number of aliphatic hydroxyl groups is 1. The Labute approximate surface area is 109 Å². The van der Waals surface area contributed by atoms with Crippen LogP contribution >= 0.6 is 11.5 Å². The Bertz CT molecular complexity index is 542. The highest BCUT2D eigenvalue weighted by Crippen LogP contribution is 2.34. The fourth-order valence-corrected chi connectivity index (χ4v) is 2.33. The Hall–Kier alpha value is -1.66. The monoisotopic (exact) mass is 266 g/mol. The average molecular weight is 266 g/mol. The summed E-state index contributed by atoms with van der Waals surface area (Å²) in [7, 11) is 3.15. The maximum Gasteiger partial charge on any atom is 0.125 e. The van der Waals surface area contributed by atoms with E-state index in [1.165, 1.54) is 11.5 Å². The lowest BCUT2D eigenvalue weighted by Gasteiger charge is -2.14. The number of nitrogens with zero attached hydrogens (tertiary/aromatic N) is 2. The molecule has 0 amide bonds. The molecule has 1 aromatic carbocycles. The molecule has 1 heterocycles. The lowest BCUT2D eigenvalue weighted by atomic mass is 10.1. The van der Waals surface area contributed by atoms with Crippen LogP contribution in [0.25, 0.3) is 0 Å². The normalized spacial score (nSPS) is 12.2. The van der Waals surface area contributed by atoms with Crippen molar-refractivity contribution < 1.29 is 14.6 Å². The van der Waals surface area contributed by atoms with Gasteiger partial charge in [0, 0.05) is 5.56 Å². The summed E-state index contributed by atoms with van der Waals surface area (Å²) in [6.07, 6.45) is -0.810. The minimum Gasteiger partial charge on any atom is -0.497 e. The zero-order valence-electron chi connectivity index (χ0n) is 10.4. The van der Waals surface area contributed by atoms with Gasteiger partial charge < -0.3 is 14.6 Å². The summed E-state index contributed by atoms with van der Waals surface area (Å²) in [6, 6.07) is 5.30. The van der Waals surface area contributed by atoms with Gasteiger partial charge in [-0.1, -0.05) is 4.49 Å². The van der Waals surface area contributed by atoms with Crippen LogP contribution in [-0.2, 0) is 0 Å². The average Bonchev–Trinajstić information content (AvgIpc) is 2.83. The van der Waals surface area contributed by atoms with E-state index in [1.54, 1.807) is 32.4 Å². The van der Waals surface area contributed by atoms with Gasteiger partial charge in [0.1, 0.15) is 17.6 Å². The van der Waals surface area contributed by atoms with E-state index in [9.17, 15) is 5.11 Å². The molecule has 5 nitrogen and oxygen atoms in total. The molecule has 0 spiro atoms. The first-order valence-corrected chi connectivity index (χ1v) is 6.13. The number of rotatable bonds is 4. The summed E-state index contributed by atoms with van der Waals surface area (Å²) >= 11 is 1.18. The molecule has 2 rings (SSSR count). The largest absolute Gasteiger partial charge is 0.497 e. The van der Waals surface area contributed by atoms with Crippen LogP contribution < -0.4 is 9.47 Å². The highest BCUT2D eigenvalue weighted by molar-refractivity contribution is 7.05. The molecule has 0 fully saturated rings. The lowest BCUT2D eigenvalue weighted by Crippen LogP contribution is -2.02. The lowest BCUT2D eigenvalue weighted by molar-refractivity contribution is 0.217. The molecule has 1 unspecified atom stereocenters. The fraction of sp³-hybridized carbons (Fsp3) is 0.333. The maximum atomic E-state index is 10.4. The number of ether oxygens (including phenoxy) is 2. The van der Waals surface area contributed by atoms with Gasteiger partial charge in [-0.15, -0.1) is 5.10 Å². The number of benzene rings is 1. The molecule has 6 heteroatoms. The molecule has 1 atom stereocenters. The van der Waals surface area contributed by atoms with Crippen LogP contribution in [0.5, 0.6) is 11.5 Å². The number of aromatic nitrogens is 2. The molecule has 0 saturated carbocycles. The predicted molar refractivity (Wildman–Crippen MR) is 68.3 cm³/mol. The molecule has 18 heavy (non-hydrogen) atoms. The number of methoxy groups -OCH3 is 2. The van der Waals surface area contributed by atoms with Gasteiger partial charge in [0.25, 0.3) is 0 Å². The van der Waals surface area contributed by atoms with Crippen LogP contribution in [0.3, 0.4) is 0 Å². The molecule has 0 saturated heterocycles. The molecule has 0 aliphatic carbocycles. The molecule has 0 bridgehead atoms. The third-order valence-corrected chi connectivity index (χ3v) is 3.55. The second-order valence-electron chi connectivity index (χ2n) is 3.73. The minimum atomic E-state index is -0.810. The van der Waals surface area contributed by atoms with E-state index in [0.29, 0.717) is 21.9 Å². The summed E-state index contributed by atoms with van der Waals surface area (Å²) < 4.78 is 14.2. The predicted octanol–water partition coefficient (Wildman–Crippen LogP) is 1.95. The SMILES string of the molecule is COc1ccc(OC)c(C(O)c2snnc2C)c1. The molecule has 1 N–H and O–H groups in total. The van der Waals surface area contributed by atoms with Gasteiger partial charge in [0.15, 0.2) is 0 Å². The van der Waals surface area contributed by atoms with Crippen LogP contribution in [0.4, 0.5) is 0 Å². The molecule has 0 radical (unpaired) electrons. The van der Waals surface area contributed by atoms with Crippen molar-refractivity contribution in [2.75, 3.05) is 14.2 Å². The first-order chi connectivity index (χ1) is 8.67. The molecule has 0 aliphatic heterocycles. The van der Waals surface area contributed by atoms with Crippen molar-refractivity contribution >= 4 is 11.5 Å². The Morgan fingerprint density at radius 2 is 2.06 bits per heavy atom. The second-order valence-corrected chi connectivity index (χ2v) is 4.52. The van der Waals surface area contributed by atoms with E-state index >= 15 is 0 Å². The quantitative estimate of drug-likeness (QED) is 0.916. The van der Waals surface area contributed by atoms with Crippen LogP contribution in [0.1, 0.15) is 22.2 Å². The summed E-state index contributed by atoms with van der Waals surface area (Å²) in [5.74, 6) is 1.27. The highest BCUT2D eigenvalue weighted by atomic mass is 32.1. The summed E-state index contributed by atoms with van der Waals surface area (Å²) in [6.45, 7) is 1.81. The number of hydrogen-bond acceptors (Lipinski definition) is 6. The third-order valence-electron chi connectivity index (χ3n) is 2.67. The van der Waals surface area contributed by atoms with E-state index in [1.807, 2.05) is 6.92 Å². The fourth-order valence-electron chi connectivity index (χ4n) is 1.68. The van der Waals surface area contributed by atoms with Crippen molar-refractivity contribution in [3.63, 3.8) is 0 Å². The smallest absolute Gasteiger partial charge is 0.125 e. The number of aryl methyl sites for hydroxylation is 1. The van der Waals surface area contributed by atoms with Crippen molar-refractivity contribution in [2.24, 2.45) is 0 Å². The van der Waals surface area contributed by atoms with E-state index < -0.39 is 6.10 Å². The van der Waals surface area contributed by atoms with Gasteiger partial charge in [-0.3, -0.25) is 0 Å².